The second-order valence-corrected chi connectivity index (χ2v) is 11.1. The molecule has 0 aliphatic carbocycles. The van der Waals surface area contributed by atoms with Crippen LogP contribution in [0.25, 0.3) is 0 Å². The zero-order valence-electron chi connectivity index (χ0n) is 23.6. The van der Waals surface area contributed by atoms with Gasteiger partial charge in [0.05, 0.1) is 0 Å². The highest BCUT2D eigenvalue weighted by atomic mass is 16.3. The lowest BCUT2D eigenvalue weighted by atomic mass is 9.89. The van der Waals surface area contributed by atoms with Gasteiger partial charge in [-0.25, -0.2) is 0 Å². The first-order valence-corrected chi connectivity index (χ1v) is 13.2. The van der Waals surface area contributed by atoms with Crippen molar-refractivity contribution in [2.75, 3.05) is 0 Å². The molecule has 192 valence electrons. The highest BCUT2D eigenvalue weighted by molar-refractivity contribution is 5.52. The Morgan fingerprint density at radius 3 is 1.24 bits per heavy atom. The summed E-state index contributed by atoms with van der Waals surface area (Å²) in [6, 6.07) is 17.3. The summed E-state index contributed by atoms with van der Waals surface area (Å²) in [6.07, 6.45) is 2.14. The molecule has 37 heavy (non-hydrogen) atoms. The van der Waals surface area contributed by atoms with Crippen molar-refractivity contribution in [2.45, 2.75) is 74.7 Å². The average molecular weight is 493 g/mol. The largest absolute Gasteiger partial charge is 0.508 e. The van der Waals surface area contributed by atoms with Crippen molar-refractivity contribution in [1.29, 1.82) is 0 Å². The van der Waals surface area contributed by atoms with Gasteiger partial charge in [0.25, 0.3) is 0 Å². The van der Waals surface area contributed by atoms with Crippen LogP contribution in [0.1, 0.15) is 77.9 Å². The molecule has 0 unspecified atom stereocenters. The molecule has 0 aromatic heterocycles. The Balaban J connectivity index is 1.81. The molecular weight excluding hydrogens is 452 g/mol. The van der Waals surface area contributed by atoms with E-state index in [1.807, 2.05) is 26.0 Å². The number of aryl methyl sites for hydroxylation is 8. The quantitative estimate of drug-likeness (QED) is 0.284. The van der Waals surface area contributed by atoms with Crippen LogP contribution >= 0.6 is 0 Å². The van der Waals surface area contributed by atoms with Crippen molar-refractivity contribution < 1.29 is 10.2 Å². The smallest absolute Gasteiger partial charge is 0.122 e. The molecule has 2 heteroatoms. The van der Waals surface area contributed by atoms with Crippen LogP contribution < -0.4 is 0 Å². The monoisotopic (exact) mass is 492 g/mol. The number of hydrogen-bond donors (Lipinski definition) is 2. The van der Waals surface area contributed by atoms with E-state index in [-0.39, 0.29) is 0 Å². The van der Waals surface area contributed by atoms with Gasteiger partial charge >= 0.3 is 0 Å². The highest BCUT2D eigenvalue weighted by Crippen LogP contribution is 2.33. The summed E-state index contributed by atoms with van der Waals surface area (Å²) in [5.41, 5.74) is 16.4. The maximum Gasteiger partial charge on any atom is 0.122 e. The van der Waals surface area contributed by atoms with Crippen molar-refractivity contribution in [1.82, 2.24) is 0 Å². The number of aromatic hydroxyl groups is 2. The number of phenols is 2. The van der Waals surface area contributed by atoms with Gasteiger partial charge in [-0.2, -0.15) is 0 Å². The second-order valence-electron chi connectivity index (χ2n) is 11.1. The fraction of sp³-hybridized carbons (Fsp3) is 0.314. The van der Waals surface area contributed by atoms with Gasteiger partial charge in [-0.15, -0.1) is 0 Å². The lowest BCUT2D eigenvalue weighted by Gasteiger charge is -2.18. The van der Waals surface area contributed by atoms with Crippen LogP contribution in [0.5, 0.6) is 11.5 Å². The van der Waals surface area contributed by atoms with Crippen LogP contribution in [0.4, 0.5) is 0 Å². The predicted molar refractivity (Wildman–Crippen MR) is 155 cm³/mol. The Morgan fingerprint density at radius 2 is 0.757 bits per heavy atom. The summed E-state index contributed by atoms with van der Waals surface area (Å²) >= 11 is 0. The van der Waals surface area contributed by atoms with Gasteiger partial charge in [-0.1, -0.05) is 42.5 Å². The molecule has 0 spiro atoms. The molecule has 4 aromatic rings. The Labute approximate surface area is 222 Å². The first kappa shape index (κ1) is 26.5. The third kappa shape index (κ3) is 5.74. The molecule has 0 amide bonds. The zero-order chi connectivity index (χ0) is 27.0. The van der Waals surface area contributed by atoms with Gasteiger partial charge in [-0.3, -0.25) is 0 Å². The summed E-state index contributed by atoms with van der Waals surface area (Å²) in [6.45, 7) is 16.9. The Kier molecular flexibility index (Phi) is 7.50. The summed E-state index contributed by atoms with van der Waals surface area (Å²) in [5, 5.41) is 21.7. The van der Waals surface area contributed by atoms with E-state index in [1.54, 1.807) is 0 Å². The van der Waals surface area contributed by atoms with Gasteiger partial charge in [0.15, 0.2) is 0 Å². The standard InChI is InChI=1S/C35H40O2/c1-20-9-24(5)29(11-22(20)3)15-28-16-32(18-30-12-23(4)21(2)10-25(30)6)35(37)33(17-28)19-31-13-27(8)34(36)14-26(31)7/h9-14,16-17,36-37H,15,18-19H2,1-8H3. The van der Waals surface area contributed by atoms with Crippen LogP contribution in [0.15, 0.2) is 48.5 Å². The summed E-state index contributed by atoms with van der Waals surface area (Å²) in [4.78, 5) is 0. The average Bonchev–Trinajstić information content (AvgIpc) is 2.82. The summed E-state index contributed by atoms with van der Waals surface area (Å²) in [7, 11) is 0. The van der Waals surface area contributed by atoms with Crippen molar-refractivity contribution in [3.05, 3.63) is 126 Å². The van der Waals surface area contributed by atoms with Crippen molar-refractivity contribution >= 4 is 0 Å². The minimum Gasteiger partial charge on any atom is -0.508 e. The molecule has 0 fully saturated rings. The third-order valence-electron chi connectivity index (χ3n) is 8.04. The van der Waals surface area contributed by atoms with E-state index in [2.05, 4.69) is 77.9 Å². The Morgan fingerprint density at radius 1 is 0.378 bits per heavy atom. The van der Waals surface area contributed by atoms with Crippen LogP contribution in [0.3, 0.4) is 0 Å². The van der Waals surface area contributed by atoms with E-state index in [1.165, 1.54) is 50.1 Å². The van der Waals surface area contributed by atoms with Gasteiger partial charge in [0.1, 0.15) is 11.5 Å². The van der Waals surface area contributed by atoms with E-state index < -0.39 is 0 Å². The molecular formula is C35H40O2. The van der Waals surface area contributed by atoms with Crippen molar-refractivity contribution in [3.63, 3.8) is 0 Å². The van der Waals surface area contributed by atoms with Crippen LogP contribution in [-0.4, -0.2) is 10.2 Å². The summed E-state index contributed by atoms with van der Waals surface area (Å²) in [5.74, 6) is 0.693. The third-order valence-corrected chi connectivity index (χ3v) is 8.04. The molecule has 0 atom stereocenters. The van der Waals surface area contributed by atoms with Crippen molar-refractivity contribution in [2.24, 2.45) is 0 Å². The van der Waals surface area contributed by atoms with E-state index >= 15 is 0 Å². The lowest BCUT2D eigenvalue weighted by Crippen LogP contribution is -2.02. The maximum atomic E-state index is 11.5. The van der Waals surface area contributed by atoms with Crippen LogP contribution in [0.2, 0.25) is 0 Å². The van der Waals surface area contributed by atoms with Crippen LogP contribution in [0, 0.1) is 55.4 Å². The lowest BCUT2D eigenvalue weighted by molar-refractivity contribution is 0.463. The molecule has 0 radical (unpaired) electrons. The molecule has 2 N–H and O–H groups in total. The van der Waals surface area contributed by atoms with E-state index in [0.29, 0.717) is 24.3 Å². The predicted octanol–water partition coefficient (Wildman–Crippen LogP) is 8.34. The van der Waals surface area contributed by atoms with Gasteiger partial charge in [-0.05, 0) is 146 Å². The molecule has 2 nitrogen and oxygen atoms in total. The molecule has 0 heterocycles. The van der Waals surface area contributed by atoms with Crippen LogP contribution in [-0.2, 0) is 19.3 Å². The van der Waals surface area contributed by atoms with Gasteiger partial charge < -0.3 is 10.2 Å². The molecule has 0 saturated carbocycles. The SMILES string of the molecule is Cc1cc(C)c(Cc2cc(Cc3cc(C)c(C)cc3C)c(O)c(Cc3cc(C)c(O)cc3C)c2)cc1C. The molecule has 0 bridgehead atoms. The normalized spacial score (nSPS) is 11.2. The number of phenolic OH excluding ortho intramolecular Hbond substituents is 2. The van der Waals surface area contributed by atoms with E-state index in [4.69, 9.17) is 0 Å². The summed E-state index contributed by atoms with van der Waals surface area (Å²) < 4.78 is 0. The van der Waals surface area contributed by atoms with Gasteiger partial charge in [0.2, 0.25) is 0 Å². The molecule has 0 aliphatic rings. The topological polar surface area (TPSA) is 40.5 Å². The van der Waals surface area contributed by atoms with E-state index in [9.17, 15) is 10.2 Å². The molecule has 0 saturated heterocycles. The van der Waals surface area contributed by atoms with Crippen molar-refractivity contribution in [3.8, 4) is 11.5 Å². The maximum absolute atomic E-state index is 11.5. The highest BCUT2D eigenvalue weighted by Gasteiger charge is 2.16. The Hall–Kier alpha value is -3.52. The minimum atomic E-state index is 0.315. The minimum absolute atomic E-state index is 0.315. The number of rotatable bonds is 6. The fourth-order valence-electron chi connectivity index (χ4n) is 5.31. The fourth-order valence-corrected chi connectivity index (χ4v) is 5.31. The van der Waals surface area contributed by atoms with E-state index in [0.717, 1.165) is 34.2 Å². The van der Waals surface area contributed by atoms with Gasteiger partial charge in [0, 0.05) is 12.8 Å². The number of hydrogen-bond acceptors (Lipinski definition) is 2. The molecule has 4 aromatic carbocycles. The molecule has 4 rings (SSSR count). The second kappa shape index (κ2) is 10.5. The first-order valence-electron chi connectivity index (χ1n) is 13.2. The number of benzene rings is 4. The zero-order valence-corrected chi connectivity index (χ0v) is 23.6. The molecule has 0 aliphatic heterocycles. The first-order chi connectivity index (χ1) is 17.4. The Bertz CT molecular complexity index is 1410.